The van der Waals surface area contributed by atoms with Crippen molar-refractivity contribution in [2.45, 2.75) is 6.54 Å². The third-order valence-electron chi connectivity index (χ3n) is 4.13. The van der Waals surface area contributed by atoms with E-state index in [1.807, 2.05) is 42.4 Å². The molecule has 1 aliphatic heterocycles. The summed E-state index contributed by atoms with van der Waals surface area (Å²) in [6.45, 7) is 2.13. The lowest BCUT2D eigenvalue weighted by Crippen LogP contribution is -2.55. The van der Waals surface area contributed by atoms with Crippen molar-refractivity contribution >= 4 is 29.2 Å². The van der Waals surface area contributed by atoms with Crippen LogP contribution in [-0.4, -0.2) is 53.2 Å². The maximum Gasteiger partial charge on any atom is 0.246 e. The van der Waals surface area contributed by atoms with Crippen LogP contribution in [0.1, 0.15) is 5.56 Å². The molecule has 1 N–H and O–H groups in total. The van der Waals surface area contributed by atoms with Crippen LogP contribution in [-0.2, 0) is 18.4 Å². The standard InChI is InChI=1S/C17H21ClN6O/c1-19-17(20-9-13-5-3-4-6-15(13)18)23-7-8-24(16(25)12-23)14-10-21-22(2)11-14/h3-6,10-11H,7-9,12H2,1-2H3,(H,19,20). The molecule has 7 nitrogen and oxygen atoms in total. The van der Waals surface area contributed by atoms with E-state index < -0.39 is 0 Å². The van der Waals surface area contributed by atoms with Gasteiger partial charge in [-0.25, -0.2) is 0 Å². The Morgan fingerprint density at radius 3 is 2.80 bits per heavy atom. The van der Waals surface area contributed by atoms with E-state index in [-0.39, 0.29) is 12.5 Å². The molecule has 0 radical (unpaired) electrons. The number of carbonyl (C=O) groups is 1. The van der Waals surface area contributed by atoms with Gasteiger partial charge in [0.1, 0.15) is 6.54 Å². The lowest BCUT2D eigenvalue weighted by Gasteiger charge is -2.35. The summed E-state index contributed by atoms with van der Waals surface area (Å²) >= 11 is 6.19. The first-order valence-electron chi connectivity index (χ1n) is 8.06. The second-order valence-corrected chi connectivity index (χ2v) is 6.24. The molecule has 0 unspecified atom stereocenters. The number of hydrogen-bond acceptors (Lipinski definition) is 3. The molecule has 0 saturated carbocycles. The summed E-state index contributed by atoms with van der Waals surface area (Å²) in [5.41, 5.74) is 1.82. The van der Waals surface area contributed by atoms with Crippen molar-refractivity contribution in [3.8, 4) is 0 Å². The Kier molecular flexibility index (Phi) is 5.23. The number of aryl methyl sites for hydroxylation is 1. The lowest BCUT2D eigenvalue weighted by molar-refractivity contribution is -0.120. The van der Waals surface area contributed by atoms with Crippen LogP contribution < -0.4 is 10.2 Å². The number of amides is 1. The molecule has 0 bridgehead atoms. The first-order valence-corrected chi connectivity index (χ1v) is 8.44. The largest absolute Gasteiger partial charge is 0.352 e. The number of nitrogens with one attached hydrogen (secondary N) is 1. The van der Waals surface area contributed by atoms with Crippen LogP contribution in [0.15, 0.2) is 41.7 Å². The van der Waals surface area contributed by atoms with Gasteiger partial charge in [0.25, 0.3) is 0 Å². The average Bonchev–Trinajstić information content (AvgIpc) is 3.03. The van der Waals surface area contributed by atoms with Crippen molar-refractivity contribution in [2.75, 3.05) is 31.6 Å². The fourth-order valence-corrected chi connectivity index (χ4v) is 3.03. The van der Waals surface area contributed by atoms with Crippen LogP contribution >= 0.6 is 11.6 Å². The van der Waals surface area contributed by atoms with Gasteiger partial charge in [-0.2, -0.15) is 5.10 Å². The smallest absolute Gasteiger partial charge is 0.246 e. The molecule has 132 valence electrons. The average molecular weight is 361 g/mol. The number of rotatable bonds is 3. The highest BCUT2D eigenvalue weighted by atomic mass is 35.5. The normalized spacial score (nSPS) is 15.6. The maximum atomic E-state index is 12.5. The Morgan fingerprint density at radius 1 is 1.36 bits per heavy atom. The van der Waals surface area contributed by atoms with E-state index in [1.165, 1.54) is 0 Å². The predicted octanol–water partition coefficient (Wildman–Crippen LogP) is 1.50. The molecule has 1 saturated heterocycles. The molecule has 0 aliphatic carbocycles. The third-order valence-corrected chi connectivity index (χ3v) is 4.50. The van der Waals surface area contributed by atoms with Gasteiger partial charge in [0, 0.05) is 44.9 Å². The molecule has 1 aromatic carbocycles. The number of hydrogen-bond donors (Lipinski definition) is 1. The molecule has 2 heterocycles. The van der Waals surface area contributed by atoms with Crippen molar-refractivity contribution in [3.63, 3.8) is 0 Å². The Balaban J connectivity index is 1.62. The summed E-state index contributed by atoms with van der Waals surface area (Å²) in [7, 11) is 3.55. The van der Waals surface area contributed by atoms with Crippen LogP contribution in [0, 0.1) is 0 Å². The van der Waals surface area contributed by atoms with Gasteiger partial charge in [0.15, 0.2) is 5.96 Å². The van der Waals surface area contributed by atoms with Crippen molar-refractivity contribution in [3.05, 3.63) is 47.2 Å². The first kappa shape index (κ1) is 17.3. The molecular weight excluding hydrogens is 340 g/mol. The second kappa shape index (κ2) is 7.57. The molecule has 1 amide bonds. The van der Waals surface area contributed by atoms with Crippen molar-refractivity contribution in [1.29, 1.82) is 0 Å². The maximum absolute atomic E-state index is 12.5. The number of halogens is 1. The fourth-order valence-electron chi connectivity index (χ4n) is 2.82. The molecule has 3 rings (SSSR count). The lowest BCUT2D eigenvalue weighted by atomic mass is 10.2. The number of aliphatic imine (C=N–C) groups is 1. The molecular formula is C17H21ClN6O. The topological polar surface area (TPSA) is 65.8 Å². The quantitative estimate of drug-likeness (QED) is 0.665. The third kappa shape index (κ3) is 3.93. The molecule has 25 heavy (non-hydrogen) atoms. The Labute approximate surface area is 151 Å². The van der Waals surface area contributed by atoms with Crippen LogP contribution in [0.5, 0.6) is 0 Å². The molecule has 0 atom stereocenters. The summed E-state index contributed by atoms with van der Waals surface area (Å²) < 4.78 is 1.69. The van der Waals surface area contributed by atoms with Crippen LogP contribution in [0.4, 0.5) is 5.69 Å². The van der Waals surface area contributed by atoms with Gasteiger partial charge in [0.05, 0.1) is 11.9 Å². The van der Waals surface area contributed by atoms with E-state index in [1.54, 1.807) is 22.8 Å². The molecule has 1 aromatic heterocycles. The summed E-state index contributed by atoms with van der Waals surface area (Å²) in [5, 5.41) is 8.12. The van der Waals surface area contributed by atoms with Crippen LogP contribution in [0.2, 0.25) is 5.02 Å². The first-order chi connectivity index (χ1) is 12.1. The van der Waals surface area contributed by atoms with Crippen molar-refractivity contribution in [1.82, 2.24) is 20.0 Å². The van der Waals surface area contributed by atoms with Gasteiger partial charge in [-0.15, -0.1) is 0 Å². The SMILES string of the molecule is CN=C(NCc1ccccc1Cl)N1CCN(c2cnn(C)c2)C(=O)C1. The van der Waals surface area contributed by atoms with Gasteiger partial charge in [-0.3, -0.25) is 14.5 Å². The van der Waals surface area contributed by atoms with Gasteiger partial charge < -0.3 is 15.1 Å². The summed E-state index contributed by atoms with van der Waals surface area (Å²) in [4.78, 5) is 20.5. The Hall–Kier alpha value is -2.54. The van der Waals surface area contributed by atoms with E-state index in [9.17, 15) is 4.79 Å². The molecule has 0 spiro atoms. The Bertz CT molecular complexity index is 787. The Morgan fingerprint density at radius 2 is 2.16 bits per heavy atom. The highest BCUT2D eigenvalue weighted by Gasteiger charge is 2.27. The summed E-state index contributed by atoms with van der Waals surface area (Å²) in [6, 6.07) is 7.67. The minimum absolute atomic E-state index is 0.0277. The van der Waals surface area contributed by atoms with Gasteiger partial charge in [0.2, 0.25) is 5.91 Å². The zero-order chi connectivity index (χ0) is 17.8. The minimum atomic E-state index is 0.0277. The zero-order valence-electron chi connectivity index (χ0n) is 14.3. The fraction of sp³-hybridized carbons (Fsp3) is 0.353. The minimum Gasteiger partial charge on any atom is -0.352 e. The van der Waals surface area contributed by atoms with Gasteiger partial charge in [-0.1, -0.05) is 29.8 Å². The van der Waals surface area contributed by atoms with Crippen LogP contribution in [0.3, 0.4) is 0 Å². The molecule has 2 aromatic rings. The van der Waals surface area contributed by atoms with E-state index >= 15 is 0 Å². The monoisotopic (exact) mass is 360 g/mol. The number of anilines is 1. The van der Waals surface area contributed by atoms with E-state index in [0.717, 1.165) is 11.3 Å². The van der Waals surface area contributed by atoms with E-state index in [4.69, 9.17) is 11.6 Å². The number of benzene rings is 1. The second-order valence-electron chi connectivity index (χ2n) is 5.83. The number of aromatic nitrogens is 2. The number of piperazine rings is 1. The van der Waals surface area contributed by atoms with Gasteiger partial charge in [-0.05, 0) is 11.6 Å². The summed E-state index contributed by atoms with van der Waals surface area (Å²) in [6.07, 6.45) is 3.55. The summed E-state index contributed by atoms with van der Waals surface area (Å²) in [5.74, 6) is 0.721. The predicted molar refractivity (Wildman–Crippen MR) is 98.8 cm³/mol. The highest BCUT2D eigenvalue weighted by Crippen LogP contribution is 2.17. The molecule has 1 aliphatic rings. The number of nitrogens with zero attached hydrogens (tertiary/aromatic N) is 5. The molecule has 1 fully saturated rings. The van der Waals surface area contributed by atoms with E-state index in [2.05, 4.69) is 15.4 Å². The number of carbonyl (C=O) groups excluding carboxylic acids is 1. The zero-order valence-corrected chi connectivity index (χ0v) is 15.1. The van der Waals surface area contributed by atoms with Crippen molar-refractivity contribution < 1.29 is 4.79 Å². The van der Waals surface area contributed by atoms with Crippen molar-refractivity contribution in [2.24, 2.45) is 12.0 Å². The van der Waals surface area contributed by atoms with Gasteiger partial charge >= 0.3 is 0 Å². The molecule has 8 heteroatoms. The number of guanidine groups is 1. The van der Waals surface area contributed by atoms with Crippen LogP contribution in [0.25, 0.3) is 0 Å². The van der Waals surface area contributed by atoms with E-state index in [0.29, 0.717) is 30.6 Å². The highest BCUT2D eigenvalue weighted by molar-refractivity contribution is 6.31.